The Morgan fingerprint density at radius 2 is 1.61 bits per heavy atom. The first-order chi connectivity index (χ1) is 21.0. The largest absolute Gasteiger partial charge is 0.495 e. The summed E-state index contributed by atoms with van der Waals surface area (Å²) >= 11 is 0. The van der Waals surface area contributed by atoms with Crippen LogP contribution in [0.2, 0.25) is 0 Å². The molecule has 0 aromatic heterocycles. The maximum absolute atomic E-state index is 13.7. The van der Waals surface area contributed by atoms with Gasteiger partial charge in [0.2, 0.25) is 0 Å². The Labute approximate surface area is 258 Å². The monoisotopic (exact) mass is 612 g/mol. The normalized spacial score (nSPS) is 14.7. The number of nitrogens with zero attached hydrogens (tertiary/aromatic N) is 2. The van der Waals surface area contributed by atoms with Gasteiger partial charge in [-0.05, 0) is 72.1 Å². The number of sulfone groups is 1. The van der Waals surface area contributed by atoms with E-state index in [4.69, 9.17) is 9.47 Å². The fourth-order valence-electron chi connectivity index (χ4n) is 5.36. The molecule has 44 heavy (non-hydrogen) atoms. The number of amides is 2. The minimum absolute atomic E-state index is 0.0214. The lowest BCUT2D eigenvalue weighted by Crippen LogP contribution is -2.31. The van der Waals surface area contributed by atoms with Crippen LogP contribution in [0.25, 0.3) is 11.1 Å². The van der Waals surface area contributed by atoms with Crippen LogP contribution in [0.1, 0.15) is 38.3 Å². The number of benzene rings is 4. The van der Waals surface area contributed by atoms with Crippen LogP contribution < -0.4 is 9.47 Å². The van der Waals surface area contributed by atoms with Gasteiger partial charge in [0.1, 0.15) is 22.5 Å². The molecular formula is C35H36N2O6S. The number of carbonyl (C=O) groups is 2. The zero-order chi connectivity index (χ0) is 31.4. The summed E-state index contributed by atoms with van der Waals surface area (Å²) in [7, 11) is 0.972. The van der Waals surface area contributed by atoms with Crippen molar-refractivity contribution in [3.8, 4) is 22.6 Å². The zero-order valence-electron chi connectivity index (χ0n) is 25.3. The van der Waals surface area contributed by atoms with Crippen LogP contribution in [0.5, 0.6) is 11.5 Å². The summed E-state index contributed by atoms with van der Waals surface area (Å²) in [5, 5.41) is 0. The molecule has 4 aromatic rings. The number of ether oxygens (including phenoxy) is 2. The fourth-order valence-corrected chi connectivity index (χ4v) is 6.90. The SMILES string of the molecule is COc1ccc(-c2cccc(C(=O)N(C)C)c2)cc1S(=O)(=O)Cc1cccc(O[C@@H]2CCN(C(=O)c3cccc(C)c3)C2)c1. The molecular weight excluding hydrogens is 576 g/mol. The van der Waals surface area contributed by atoms with Crippen LogP contribution in [-0.2, 0) is 15.6 Å². The summed E-state index contributed by atoms with van der Waals surface area (Å²) in [5.74, 6) is 0.373. The van der Waals surface area contributed by atoms with Crippen molar-refractivity contribution in [3.05, 3.63) is 113 Å². The Morgan fingerprint density at radius 3 is 2.36 bits per heavy atom. The van der Waals surface area contributed by atoms with Crippen molar-refractivity contribution in [2.45, 2.75) is 30.1 Å². The third kappa shape index (κ3) is 6.94. The number of hydrogen-bond acceptors (Lipinski definition) is 6. The van der Waals surface area contributed by atoms with Gasteiger partial charge in [-0.1, -0.05) is 48.0 Å². The molecule has 228 valence electrons. The molecule has 8 nitrogen and oxygen atoms in total. The summed E-state index contributed by atoms with van der Waals surface area (Å²) in [6, 6.07) is 26.7. The van der Waals surface area contributed by atoms with Gasteiger partial charge in [0.15, 0.2) is 9.84 Å². The van der Waals surface area contributed by atoms with Gasteiger partial charge in [0.05, 0.1) is 19.4 Å². The Kier molecular flexibility index (Phi) is 9.06. The molecule has 1 heterocycles. The number of carbonyl (C=O) groups excluding carboxylic acids is 2. The maximum Gasteiger partial charge on any atom is 0.253 e. The maximum atomic E-state index is 13.7. The van der Waals surface area contributed by atoms with E-state index in [1.165, 1.54) is 12.0 Å². The Balaban J connectivity index is 1.31. The van der Waals surface area contributed by atoms with Crippen molar-refractivity contribution in [1.82, 2.24) is 9.80 Å². The number of aryl methyl sites for hydroxylation is 1. The van der Waals surface area contributed by atoms with E-state index in [2.05, 4.69) is 0 Å². The average Bonchev–Trinajstić information content (AvgIpc) is 3.48. The molecule has 0 bridgehead atoms. The summed E-state index contributed by atoms with van der Waals surface area (Å²) in [4.78, 5) is 28.8. The summed E-state index contributed by atoms with van der Waals surface area (Å²) in [6.45, 7) is 3.01. The minimum Gasteiger partial charge on any atom is -0.495 e. The third-order valence-corrected chi connectivity index (χ3v) is 9.31. The van der Waals surface area contributed by atoms with Crippen molar-refractivity contribution in [1.29, 1.82) is 0 Å². The predicted molar refractivity (Wildman–Crippen MR) is 170 cm³/mol. The van der Waals surface area contributed by atoms with Gasteiger partial charge < -0.3 is 19.3 Å². The second-order valence-corrected chi connectivity index (χ2v) is 13.2. The van der Waals surface area contributed by atoms with E-state index in [0.717, 1.165) is 11.1 Å². The van der Waals surface area contributed by atoms with Gasteiger partial charge in [-0.15, -0.1) is 0 Å². The van der Waals surface area contributed by atoms with Crippen molar-refractivity contribution in [3.63, 3.8) is 0 Å². The second-order valence-electron chi connectivity index (χ2n) is 11.2. The summed E-state index contributed by atoms with van der Waals surface area (Å²) in [5.41, 5.74) is 4.14. The quantitative estimate of drug-likeness (QED) is 0.243. The molecule has 9 heteroatoms. The first kappa shape index (κ1) is 30.8. The highest BCUT2D eigenvalue weighted by Gasteiger charge is 2.29. The molecule has 0 radical (unpaired) electrons. The number of likely N-dealkylation sites (tertiary alicyclic amines) is 1. The molecule has 0 unspecified atom stereocenters. The molecule has 1 fully saturated rings. The highest BCUT2D eigenvalue weighted by Crippen LogP contribution is 2.33. The molecule has 1 saturated heterocycles. The minimum atomic E-state index is -3.83. The van der Waals surface area contributed by atoms with Gasteiger partial charge in [-0.2, -0.15) is 0 Å². The molecule has 1 atom stereocenters. The Hall–Kier alpha value is -4.63. The van der Waals surface area contributed by atoms with E-state index in [0.29, 0.717) is 47.5 Å². The molecule has 5 rings (SSSR count). The van der Waals surface area contributed by atoms with Crippen molar-refractivity contribution < 1.29 is 27.5 Å². The molecule has 1 aliphatic rings. The molecule has 0 aliphatic carbocycles. The van der Waals surface area contributed by atoms with Gasteiger partial charge >= 0.3 is 0 Å². The van der Waals surface area contributed by atoms with Gasteiger partial charge in [0, 0.05) is 38.2 Å². The molecule has 4 aromatic carbocycles. The second kappa shape index (κ2) is 12.9. The van der Waals surface area contributed by atoms with Crippen LogP contribution in [0.4, 0.5) is 0 Å². The molecule has 0 N–H and O–H groups in total. The lowest BCUT2D eigenvalue weighted by atomic mass is 10.0. The van der Waals surface area contributed by atoms with Gasteiger partial charge in [-0.25, -0.2) is 8.42 Å². The van der Waals surface area contributed by atoms with E-state index in [9.17, 15) is 18.0 Å². The lowest BCUT2D eigenvalue weighted by Gasteiger charge is -2.18. The summed E-state index contributed by atoms with van der Waals surface area (Å²) < 4.78 is 39.1. The average molecular weight is 613 g/mol. The highest BCUT2D eigenvalue weighted by atomic mass is 32.2. The van der Waals surface area contributed by atoms with Crippen molar-refractivity contribution in [2.24, 2.45) is 0 Å². The van der Waals surface area contributed by atoms with Gasteiger partial charge in [-0.3, -0.25) is 9.59 Å². The van der Waals surface area contributed by atoms with Crippen LogP contribution >= 0.6 is 0 Å². The summed E-state index contributed by atoms with van der Waals surface area (Å²) in [6.07, 6.45) is 0.494. The fraction of sp³-hybridized carbons (Fsp3) is 0.257. The van der Waals surface area contributed by atoms with Crippen LogP contribution in [0.15, 0.2) is 95.9 Å². The van der Waals surface area contributed by atoms with Crippen molar-refractivity contribution in [2.75, 3.05) is 34.3 Å². The number of rotatable bonds is 9. The van der Waals surface area contributed by atoms with Crippen LogP contribution in [0.3, 0.4) is 0 Å². The van der Waals surface area contributed by atoms with Crippen LogP contribution in [0, 0.1) is 6.92 Å². The lowest BCUT2D eigenvalue weighted by molar-refractivity contribution is 0.0771. The van der Waals surface area contributed by atoms with Crippen LogP contribution in [-0.4, -0.2) is 70.4 Å². The Bertz CT molecular complexity index is 1800. The van der Waals surface area contributed by atoms with E-state index < -0.39 is 9.84 Å². The predicted octanol–water partition coefficient (Wildman–Crippen LogP) is 5.64. The highest BCUT2D eigenvalue weighted by molar-refractivity contribution is 7.90. The smallest absolute Gasteiger partial charge is 0.253 e. The van der Waals surface area contributed by atoms with Crippen molar-refractivity contribution >= 4 is 21.7 Å². The standard InChI is InChI=1S/C35H36N2O6S/c1-24-8-5-11-28(18-24)35(39)37-17-16-31(22-37)43-30-13-6-9-25(19-30)23-44(40,41)33-21-27(14-15-32(33)42-4)26-10-7-12-29(20-26)34(38)36(2)3/h5-15,18-21,31H,16-17,22-23H2,1-4H3/t31-/m1/s1. The first-order valence-electron chi connectivity index (χ1n) is 14.4. The molecule has 0 spiro atoms. The first-order valence-corrected chi connectivity index (χ1v) is 16.0. The van der Waals surface area contributed by atoms with E-state index >= 15 is 0 Å². The molecule has 1 aliphatic heterocycles. The number of hydrogen-bond donors (Lipinski definition) is 0. The topological polar surface area (TPSA) is 93.2 Å². The zero-order valence-corrected chi connectivity index (χ0v) is 26.1. The molecule has 2 amide bonds. The van der Waals surface area contributed by atoms with E-state index in [1.807, 2.05) is 37.3 Å². The third-order valence-electron chi connectivity index (χ3n) is 7.60. The van der Waals surface area contributed by atoms with E-state index in [-0.39, 0.29) is 34.3 Å². The number of methoxy groups -OCH3 is 1. The van der Waals surface area contributed by atoms with E-state index in [1.54, 1.807) is 79.7 Å². The Morgan fingerprint density at radius 1 is 0.886 bits per heavy atom. The molecule has 0 saturated carbocycles. The van der Waals surface area contributed by atoms with Gasteiger partial charge in [0.25, 0.3) is 11.8 Å².